The molecular weight excluding hydrogens is 270 g/mol. The average Bonchev–Trinajstić information content (AvgIpc) is 2.46. The molecule has 0 bridgehead atoms. The van der Waals surface area contributed by atoms with E-state index in [4.69, 9.17) is 0 Å². The molecule has 1 atom stereocenters. The van der Waals surface area contributed by atoms with E-state index in [0.29, 0.717) is 6.54 Å². The first-order valence-corrected chi connectivity index (χ1v) is 8.28. The minimum Gasteiger partial charge on any atom is -0.214 e. The lowest BCUT2D eigenvalue weighted by atomic mass is 10.0. The lowest BCUT2D eigenvalue weighted by Crippen LogP contribution is -2.28. The van der Waals surface area contributed by atoms with Crippen molar-refractivity contribution in [3.05, 3.63) is 71.8 Å². The Morgan fingerprint density at radius 1 is 0.950 bits per heavy atom. The van der Waals surface area contributed by atoms with Gasteiger partial charge in [-0.3, -0.25) is 0 Å². The molecule has 0 radical (unpaired) electrons. The second-order valence-electron chi connectivity index (χ2n) is 4.90. The number of benzene rings is 2. The molecule has 0 saturated heterocycles. The Bertz CT molecular complexity index is 624. The van der Waals surface area contributed by atoms with E-state index in [9.17, 15) is 8.42 Å². The summed E-state index contributed by atoms with van der Waals surface area (Å²) < 4.78 is 26.7. The van der Waals surface area contributed by atoms with Gasteiger partial charge in [-0.2, -0.15) is 0 Å². The van der Waals surface area contributed by atoms with E-state index >= 15 is 0 Å². The van der Waals surface area contributed by atoms with E-state index in [1.54, 1.807) is 0 Å². The summed E-state index contributed by atoms with van der Waals surface area (Å²) in [5.41, 5.74) is 1.93. The van der Waals surface area contributed by atoms with Gasteiger partial charge in [0.25, 0.3) is 0 Å². The Morgan fingerprint density at radius 3 is 2.10 bits per heavy atom. The van der Waals surface area contributed by atoms with Crippen molar-refractivity contribution in [3.63, 3.8) is 0 Å². The average molecular weight is 289 g/mol. The minimum atomic E-state index is -3.29. The standard InChI is InChI=1S/C16H19NO2S/c1-14(16-10-6-3-7-11-16)12-17-20(18,19)13-15-8-4-2-5-9-15/h2-11,14,17H,12-13H2,1H3/t14-/m0/s1. The van der Waals surface area contributed by atoms with Crippen LogP contribution in [-0.4, -0.2) is 15.0 Å². The highest BCUT2D eigenvalue weighted by molar-refractivity contribution is 7.88. The molecule has 20 heavy (non-hydrogen) atoms. The number of rotatable bonds is 6. The van der Waals surface area contributed by atoms with Gasteiger partial charge < -0.3 is 0 Å². The number of hydrogen-bond acceptors (Lipinski definition) is 2. The third-order valence-corrected chi connectivity index (χ3v) is 4.50. The first-order valence-electron chi connectivity index (χ1n) is 6.63. The molecular formula is C16H19NO2S. The van der Waals surface area contributed by atoms with Gasteiger partial charge in [-0.1, -0.05) is 67.6 Å². The zero-order chi connectivity index (χ0) is 14.4. The van der Waals surface area contributed by atoms with Crippen molar-refractivity contribution in [1.82, 2.24) is 4.72 Å². The first-order chi connectivity index (χ1) is 9.57. The van der Waals surface area contributed by atoms with Crippen molar-refractivity contribution in [3.8, 4) is 0 Å². The molecule has 2 aromatic rings. The van der Waals surface area contributed by atoms with Crippen molar-refractivity contribution in [1.29, 1.82) is 0 Å². The molecule has 3 nitrogen and oxygen atoms in total. The molecule has 2 rings (SSSR count). The van der Waals surface area contributed by atoms with Gasteiger partial charge in [0, 0.05) is 6.54 Å². The van der Waals surface area contributed by atoms with Crippen LogP contribution in [0, 0.1) is 0 Å². The van der Waals surface area contributed by atoms with Crippen LogP contribution in [0.4, 0.5) is 0 Å². The van der Waals surface area contributed by atoms with Gasteiger partial charge in [0.2, 0.25) is 10.0 Å². The normalized spacial score (nSPS) is 13.1. The fourth-order valence-electron chi connectivity index (χ4n) is 2.00. The fourth-order valence-corrected chi connectivity index (χ4v) is 3.23. The Kier molecular flexibility index (Phi) is 4.93. The Labute approximate surface area is 120 Å². The lowest BCUT2D eigenvalue weighted by Gasteiger charge is -2.13. The Hall–Kier alpha value is -1.65. The number of hydrogen-bond donors (Lipinski definition) is 1. The van der Waals surface area contributed by atoms with Crippen LogP contribution in [0.3, 0.4) is 0 Å². The molecule has 106 valence electrons. The molecule has 0 aromatic heterocycles. The Morgan fingerprint density at radius 2 is 1.50 bits per heavy atom. The van der Waals surface area contributed by atoms with Crippen LogP contribution in [0.2, 0.25) is 0 Å². The summed E-state index contributed by atoms with van der Waals surface area (Å²) in [5, 5.41) is 0. The van der Waals surface area contributed by atoms with Gasteiger partial charge in [-0.15, -0.1) is 0 Å². The summed E-state index contributed by atoms with van der Waals surface area (Å²) in [7, 11) is -3.29. The summed E-state index contributed by atoms with van der Waals surface area (Å²) in [6, 6.07) is 19.1. The predicted molar refractivity (Wildman–Crippen MR) is 81.9 cm³/mol. The molecule has 0 aliphatic rings. The molecule has 0 heterocycles. The molecule has 0 fully saturated rings. The SMILES string of the molecule is C[C@@H](CNS(=O)(=O)Cc1ccccc1)c1ccccc1. The van der Waals surface area contributed by atoms with Crippen LogP contribution in [-0.2, 0) is 15.8 Å². The van der Waals surface area contributed by atoms with Crippen LogP contribution < -0.4 is 4.72 Å². The van der Waals surface area contributed by atoms with Gasteiger partial charge in [-0.05, 0) is 17.0 Å². The van der Waals surface area contributed by atoms with Crippen LogP contribution in [0.25, 0.3) is 0 Å². The number of sulfonamides is 1. The summed E-state index contributed by atoms with van der Waals surface area (Å²) >= 11 is 0. The van der Waals surface area contributed by atoms with Crippen molar-refractivity contribution >= 4 is 10.0 Å². The molecule has 4 heteroatoms. The smallest absolute Gasteiger partial charge is 0.214 e. The van der Waals surface area contributed by atoms with E-state index < -0.39 is 10.0 Å². The summed E-state index contributed by atoms with van der Waals surface area (Å²) in [6.07, 6.45) is 0. The highest BCUT2D eigenvalue weighted by Crippen LogP contribution is 2.14. The Balaban J connectivity index is 1.93. The van der Waals surface area contributed by atoms with E-state index in [0.717, 1.165) is 11.1 Å². The zero-order valence-electron chi connectivity index (χ0n) is 11.5. The molecule has 0 saturated carbocycles. The highest BCUT2D eigenvalue weighted by atomic mass is 32.2. The van der Waals surface area contributed by atoms with Crippen molar-refractivity contribution < 1.29 is 8.42 Å². The largest absolute Gasteiger partial charge is 0.215 e. The van der Waals surface area contributed by atoms with E-state index in [1.165, 1.54) is 0 Å². The van der Waals surface area contributed by atoms with E-state index in [1.807, 2.05) is 67.6 Å². The maximum Gasteiger partial charge on any atom is 0.215 e. The highest BCUT2D eigenvalue weighted by Gasteiger charge is 2.13. The summed E-state index contributed by atoms with van der Waals surface area (Å²) in [6.45, 7) is 2.43. The monoisotopic (exact) mass is 289 g/mol. The molecule has 2 aromatic carbocycles. The number of nitrogens with one attached hydrogen (secondary N) is 1. The van der Waals surface area contributed by atoms with Gasteiger partial charge in [0.05, 0.1) is 5.75 Å². The minimum absolute atomic E-state index is 0.0232. The third-order valence-electron chi connectivity index (χ3n) is 3.18. The van der Waals surface area contributed by atoms with Crippen LogP contribution in [0.1, 0.15) is 24.0 Å². The van der Waals surface area contributed by atoms with Crippen molar-refractivity contribution in [2.75, 3.05) is 6.54 Å². The van der Waals surface area contributed by atoms with Gasteiger partial charge in [0.1, 0.15) is 0 Å². The summed E-state index contributed by atoms with van der Waals surface area (Å²) in [5.74, 6) is 0.178. The van der Waals surface area contributed by atoms with E-state index in [2.05, 4.69) is 4.72 Å². The quantitative estimate of drug-likeness (QED) is 0.888. The maximum atomic E-state index is 12.0. The summed E-state index contributed by atoms with van der Waals surface area (Å²) in [4.78, 5) is 0. The second-order valence-corrected chi connectivity index (χ2v) is 6.71. The van der Waals surface area contributed by atoms with Crippen LogP contribution >= 0.6 is 0 Å². The van der Waals surface area contributed by atoms with Crippen molar-refractivity contribution in [2.24, 2.45) is 0 Å². The molecule has 0 aliphatic carbocycles. The van der Waals surface area contributed by atoms with Crippen molar-refractivity contribution in [2.45, 2.75) is 18.6 Å². The van der Waals surface area contributed by atoms with Gasteiger partial charge in [0.15, 0.2) is 0 Å². The maximum absolute atomic E-state index is 12.0. The fraction of sp³-hybridized carbons (Fsp3) is 0.250. The molecule has 0 spiro atoms. The zero-order valence-corrected chi connectivity index (χ0v) is 12.3. The third kappa shape index (κ3) is 4.47. The predicted octanol–water partition coefficient (Wildman–Crippen LogP) is 2.91. The van der Waals surface area contributed by atoms with Gasteiger partial charge >= 0.3 is 0 Å². The molecule has 0 unspecified atom stereocenters. The van der Waals surface area contributed by atoms with E-state index in [-0.39, 0.29) is 11.7 Å². The second kappa shape index (κ2) is 6.68. The van der Waals surface area contributed by atoms with Crippen LogP contribution in [0.5, 0.6) is 0 Å². The lowest BCUT2D eigenvalue weighted by molar-refractivity contribution is 0.574. The first kappa shape index (κ1) is 14.8. The van der Waals surface area contributed by atoms with Gasteiger partial charge in [-0.25, -0.2) is 13.1 Å². The van der Waals surface area contributed by atoms with Crippen LogP contribution in [0.15, 0.2) is 60.7 Å². The molecule has 1 N–H and O–H groups in total. The topological polar surface area (TPSA) is 46.2 Å². The molecule has 0 aliphatic heterocycles. The molecule has 0 amide bonds.